The van der Waals surface area contributed by atoms with E-state index in [1.54, 1.807) is 0 Å². The fourth-order valence-electron chi connectivity index (χ4n) is 2.44. The van der Waals surface area contributed by atoms with Crippen molar-refractivity contribution in [2.24, 2.45) is 4.99 Å². The highest BCUT2D eigenvalue weighted by atomic mass is 16.5. The number of ether oxygens (including phenoxy) is 1. The Hall–Kier alpha value is -1.35. The van der Waals surface area contributed by atoms with Crippen molar-refractivity contribution in [2.75, 3.05) is 13.1 Å². The predicted octanol–water partition coefficient (Wildman–Crippen LogP) is 1.70. The van der Waals surface area contributed by atoms with Gasteiger partial charge in [0.1, 0.15) is 12.1 Å². The fraction of sp³-hybridized carbons (Fsp3) is 0.500. The molecule has 0 bridgehead atoms. The van der Waals surface area contributed by atoms with Crippen molar-refractivity contribution in [3.63, 3.8) is 0 Å². The van der Waals surface area contributed by atoms with E-state index in [1.807, 2.05) is 0 Å². The van der Waals surface area contributed by atoms with Crippen LogP contribution in [0.15, 0.2) is 29.3 Å². The molecule has 1 N–H and O–H groups in total. The Morgan fingerprint density at radius 1 is 1.35 bits per heavy atom. The van der Waals surface area contributed by atoms with E-state index in [1.165, 1.54) is 11.1 Å². The van der Waals surface area contributed by atoms with E-state index in [4.69, 9.17) is 4.74 Å². The lowest BCUT2D eigenvalue weighted by atomic mass is 10.1. The molecule has 0 aromatic heterocycles. The van der Waals surface area contributed by atoms with E-state index in [9.17, 15) is 0 Å². The van der Waals surface area contributed by atoms with Crippen molar-refractivity contribution >= 4 is 5.90 Å². The molecule has 2 heterocycles. The van der Waals surface area contributed by atoms with Gasteiger partial charge in [0, 0.05) is 13.0 Å². The Kier molecular flexibility index (Phi) is 2.85. The number of nitrogens with one attached hydrogen (secondary N) is 1. The molecular formula is C14H18N2O. The smallest absolute Gasteiger partial charge is 0.188 e. The number of piperidine rings is 1. The van der Waals surface area contributed by atoms with Crippen LogP contribution in [0.5, 0.6) is 0 Å². The monoisotopic (exact) mass is 230 g/mol. The first-order valence-corrected chi connectivity index (χ1v) is 6.31. The first kappa shape index (κ1) is 10.8. The summed E-state index contributed by atoms with van der Waals surface area (Å²) in [6.45, 7) is 4.12. The number of rotatable bonds is 2. The van der Waals surface area contributed by atoms with Crippen LogP contribution >= 0.6 is 0 Å². The molecule has 2 aliphatic heterocycles. The van der Waals surface area contributed by atoms with Crippen LogP contribution in [0.3, 0.4) is 0 Å². The second-order valence-electron chi connectivity index (χ2n) is 4.90. The molecule has 0 radical (unpaired) electrons. The molecule has 0 amide bonds. The van der Waals surface area contributed by atoms with Crippen molar-refractivity contribution < 1.29 is 4.74 Å². The van der Waals surface area contributed by atoms with Gasteiger partial charge in [0.25, 0.3) is 0 Å². The average molecular weight is 230 g/mol. The van der Waals surface area contributed by atoms with E-state index < -0.39 is 0 Å². The van der Waals surface area contributed by atoms with E-state index in [2.05, 4.69) is 41.5 Å². The van der Waals surface area contributed by atoms with Crippen LogP contribution in [0.4, 0.5) is 0 Å². The number of aryl methyl sites for hydroxylation is 1. The lowest BCUT2D eigenvalue weighted by molar-refractivity contribution is 0.158. The maximum atomic E-state index is 5.91. The van der Waals surface area contributed by atoms with E-state index >= 15 is 0 Å². The van der Waals surface area contributed by atoms with Crippen molar-refractivity contribution in [2.45, 2.75) is 31.9 Å². The minimum Gasteiger partial charge on any atom is -0.475 e. The van der Waals surface area contributed by atoms with Crippen LogP contribution in [0, 0.1) is 6.92 Å². The quantitative estimate of drug-likeness (QED) is 0.839. The van der Waals surface area contributed by atoms with Gasteiger partial charge in [-0.15, -0.1) is 0 Å². The van der Waals surface area contributed by atoms with Gasteiger partial charge in [-0.25, -0.2) is 4.99 Å². The fourth-order valence-corrected chi connectivity index (χ4v) is 2.44. The van der Waals surface area contributed by atoms with E-state index in [0.717, 1.165) is 31.8 Å². The Morgan fingerprint density at radius 2 is 2.18 bits per heavy atom. The third-order valence-electron chi connectivity index (χ3n) is 3.46. The van der Waals surface area contributed by atoms with Crippen molar-refractivity contribution in [1.29, 1.82) is 0 Å². The van der Waals surface area contributed by atoms with Gasteiger partial charge in [-0.1, -0.05) is 29.8 Å². The van der Waals surface area contributed by atoms with Gasteiger partial charge in [0.15, 0.2) is 5.90 Å². The van der Waals surface area contributed by atoms with Crippen molar-refractivity contribution in [3.8, 4) is 0 Å². The van der Waals surface area contributed by atoms with Crippen LogP contribution < -0.4 is 5.32 Å². The molecule has 1 aromatic carbocycles. The van der Waals surface area contributed by atoms with E-state index in [0.29, 0.717) is 12.1 Å². The molecule has 3 rings (SSSR count). The number of nitrogens with zero attached hydrogens (tertiary/aromatic N) is 1. The summed E-state index contributed by atoms with van der Waals surface area (Å²) in [5.74, 6) is 0.910. The molecule has 90 valence electrons. The number of fused-ring (bicyclic) bond motifs is 1. The third-order valence-corrected chi connectivity index (χ3v) is 3.46. The first-order valence-electron chi connectivity index (χ1n) is 6.31. The molecule has 3 heteroatoms. The lowest BCUT2D eigenvalue weighted by Crippen LogP contribution is -2.41. The van der Waals surface area contributed by atoms with Gasteiger partial charge in [-0.05, 0) is 25.5 Å². The second kappa shape index (κ2) is 4.49. The van der Waals surface area contributed by atoms with Gasteiger partial charge >= 0.3 is 0 Å². The van der Waals surface area contributed by atoms with Crippen LogP contribution in [0.25, 0.3) is 0 Å². The number of hydrogen-bond donors (Lipinski definition) is 1. The third kappa shape index (κ3) is 2.34. The SMILES string of the molecule is Cc1ccc(CC2=NC3CNCCC3O2)cc1. The summed E-state index contributed by atoms with van der Waals surface area (Å²) in [6, 6.07) is 8.92. The zero-order chi connectivity index (χ0) is 11.7. The van der Waals surface area contributed by atoms with Gasteiger partial charge in [0.2, 0.25) is 0 Å². The zero-order valence-electron chi connectivity index (χ0n) is 10.1. The molecule has 17 heavy (non-hydrogen) atoms. The van der Waals surface area contributed by atoms with Gasteiger partial charge in [-0.2, -0.15) is 0 Å². The van der Waals surface area contributed by atoms with Crippen molar-refractivity contribution in [3.05, 3.63) is 35.4 Å². The van der Waals surface area contributed by atoms with Crippen LogP contribution in [-0.4, -0.2) is 31.1 Å². The van der Waals surface area contributed by atoms with Gasteiger partial charge < -0.3 is 10.1 Å². The summed E-state index contributed by atoms with van der Waals surface area (Å²) in [4.78, 5) is 4.66. The summed E-state index contributed by atoms with van der Waals surface area (Å²) in [7, 11) is 0. The van der Waals surface area contributed by atoms with Crippen LogP contribution in [0.2, 0.25) is 0 Å². The molecule has 1 fully saturated rings. The molecule has 1 saturated heterocycles. The summed E-state index contributed by atoms with van der Waals surface area (Å²) in [5, 5.41) is 3.36. The highest BCUT2D eigenvalue weighted by molar-refractivity contribution is 5.80. The molecule has 2 aliphatic rings. The standard InChI is InChI=1S/C14H18N2O/c1-10-2-4-11(5-3-10)8-14-16-12-9-15-7-6-13(12)17-14/h2-5,12-13,15H,6-9H2,1H3. The number of hydrogen-bond acceptors (Lipinski definition) is 3. The normalized spacial score (nSPS) is 27.2. The molecular weight excluding hydrogens is 212 g/mol. The number of aliphatic imine (C=N–C) groups is 1. The predicted molar refractivity (Wildman–Crippen MR) is 68.5 cm³/mol. The molecule has 0 aliphatic carbocycles. The summed E-state index contributed by atoms with van der Waals surface area (Å²) in [5.41, 5.74) is 2.57. The lowest BCUT2D eigenvalue weighted by Gasteiger charge is -2.23. The summed E-state index contributed by atoms with van der Waals surface area (Å²) < 4.78 is 5.91. The average Bonchev–Trinajstić information content (AvgIpc) is 2.74. The Labute approximate surface area is 102 Å². The zero-order valence-corrected chi connectivity index (χ0v) is 10.1. The maximum absolute atomic E-state index is 5.91. The molecule has 2 atom stereocenters. The van der Waals surface area contributed by atoms with E-state index in [-0.39, 0.29) is 0 Å². The molecule has 2 unspecified atom stereocenters. The van der Waals surface area contributed by atoms with Gasteiger partial charge in [0.05, 0.1) is 0 Å². The Balaban J connectivity index is 1.68. The first-order chi connectivity index (χ1) is 8.31. The minimum absolute atomic E-state index is 0.316. The Bertz CT molecular complexity index is 424. The Morgan fingerprint density at radius 3 is 2.94 bits per heavy atom. The summed E-state index contributed by atoms with van der Waals surface area (Å²) in [6.07, 6.45) is 2.22. The van der Waals surface area contributed by atoms with Crippen LogP contribution in [-0.2, 0) is 11.2 Å². The molecule has 0 saturated carbocycles. The minimum atomic E-state index is 0.316. The topological polar surface area (TPSA) is 33.6 Å². The molecule has 3 nitrogen and oxygen atoms in total. The van der Waals surface area contributed by atoms with Crippen LogP contribution in [0.1, 0.15) is 17.5 Å². The summed E-state index contributed by atoms with van der Waals surface area (Å²) >= 11 is 0. The number of benzene rings is 1. The highest BCUT2D eigenvalue weighted by Gasteiger charge is 2.32. The largest absolute Gasteiger partial charge is 0.475 e. The highest BCUT2D eigenvalue weighted by Crippen LogP contribution is 2.20. The molecule has 0 spiro atoms. The van der Waals surface area contributed by atoms with Crippen molar-refractivity contribution in [1.82, 2.24) is 5.32 Å². The van der Waals surface area contributed by atoms with Gasteiger partial charge in [-0.3, -0.25) is 0 Å². The second-order valence-corrected chi connectivity index (χ2v) is 4.90. The molecule has 1 aromatic rings. The maximum Gasteiger partial charge on any atom is 0.188 e.